The van der Waals surface area contributed by atoms with Gasteiger partial charge in [-0.1, -0.05) is 25.4 Å². The maximum absolute atomic E-state index is 12.4. The highest BCUT2D eigenvalue weighted by Gasteiger charge is 2.21. The molecule has 2 heterocycles. The van der Waals surface area contributed by atoms with Crippen molar-refractivity contribution in [3.05, 3.63) is 35.0 Å². The molecule has 1 aliphatic rings. The molecule has 1 aliphatic heterocycles. The van der Waals surface area contributed by atoms with Gasteiger partial charge in [-0.05, 0) is 30.2 Å². The van der Waals surface area contributed by atoms with E-state index in [1.165, 1.54) is 0 Å². The van der Waals surface area contributed by atoms with Crippen molar-refractivity contribution >= 4 is 28.4 Å². The van der Waals surface area contributed by atoms with Gasteiger partial charge in [0.15, 0.2) is 0 Å². The van der Waals surface area contributed by atoms with Crippen LogP contribution >= 0.6 is 11.6 Å². The molecule has 1 atom stereocenters. The first-order chi connectivity index (χ1) is 11.5. The number of hydrogen-bond acceptors (Lipinski definition) is 3. The third-order valence-electron chi connectivity index (χ3n) is 4.16. The number of nitrogens with zero attached hydrogens (tertiary/aromatic N) is 1. The number of halogens is 1. The Balaban J connectivity index is 1.56. The van der Waals surface area contributed by atoms with Crippen LogP contribution < -0.4 is 5.32 Å². The second-order valence-electron chi connectivity index (χ2n) is 6.77. The summed E-state index contributed by atoms with van der Waals surface area (Å²) in [6.45, 7) is 8.56. The fourth-order valence-electron chi connectivity index (χ4n) is 3.11. The van der Waals surface area contributed by atoms with E-state index < -0.39 is 0 Å². The molecule has 1 saturated heterocycles. The Kier molecular flexibility index (Phi) is 5.43. The molecule has 1 fully saturated rings. The summed E-state index contributed by atoms with van der Waals surface area (Å²) in [5.74, 6) is 0.517. The van der Waals surface area contributed by atoms with Gasteiger partial charge in [0.2, 0.25) is 0 Å². The number of aromatic amines is 1. The van der Waals surface area contributed by atoms with Gasteiger partial charge in [0.25, 0.3) is 5.91 Å². The van der Waals surface area contributed by atoms with E-state index in [0.29, 0.717) is 23.2 Å². The minimum atomic E-state index is -0.119. The van der Waals surface area contributed by atoms with Crippen LogP contribution in [-0.4, -0.2) is 54.7 Å². The molecule has 1 aromatic carbocycles. The molecule has 24 heavy (non-hydrogen) atoms. The second-order valence-corrected chi connectivity index (χ2v) is 7.21. The van der Waals surface area contributed by atoms with E-state index in [9.17, 15) is 4.79 Å². The normalized spacial score (nSPS) is 19.1. The number of aromatic nitrogens is 1. The summed E-state index contributed by atoms with van der Waals surface area (Å²) in [4.78, 5) is 17.9. The van der Waals surface area contributed by atoms with Crippen LogP contribution in [0.2, 0.25) is 5.02 Å². The molecule has 5 nitrogen and oxygen atoms in total. The standard InChI is InChI=1S/C18H24ClN3O2/c1-12(2)10-22-5-6-24-15(11-22)9-20-18(23)17-8-13-7-14(19)3-4-16(13)21-17/h3-4,7-8,12,15,21H,5-6,9-11H2,1-2H3,(H,20,23). The van der Waals surface area contributed by atoms with E-state index in [4.69, 9.17) is 16.3 Å². The third-order valence-corrected chi connectivity index (χ3v) is 4.40. The number of carbonyl (C=O) groups excluding carboxylic acids is 1. The van der Waals surface area contributed by atoms with E-state index in [-0.39, 0.29) is 12.0 Å². The van der Waals surface area contributed by atoms with Gasteiger partial charge in [-0.15, -0.1) is 0 Å². The number of fused-ring (bicyclic) bond motifs is 1. The largest absolute Gasteiger partial charge is 0.374 e. The molecule has 0 saturated carbocycles. The molecule has 2 aromatic rings. The van der Waals surface area contributed by atoms with Crippen LogP contribution in [0.5, 0.6) is 0 Å². The first-order valence-electron chi connectivity index (χ1n) is 8.41. The number of ether oxygens (including phenoxy) is 1. The molecule has 1 aromatic heterocycles. The Labute approximate surface area is 147 Å². The molecule has 0 aliphatic carbocycles. The predicted molar refractivity (Wildman–Crippen MR) is 96.7 cm³/mol. The lowest BCUT2D eigenvalue weighted by atomic mass is 10.2. The van der Waals surface area contributed by atoms with Gasteiger partial charge in [-0.3, -0.25) is 9.69 Å². The summed E-state index contributed by atoms with van der Waals surface area (Å²) in [5, 5.41) is 4.56. The highest BCUT2D eigenvalue weighted by molar-refractivity contribution is 6.31. The number of benzene rings is 1. The van der Waals surface area contributed by atoms with Crippen LogP contribution in [-0.2, 0) is 4.74 Å². The minimum Gasteiger partial charge on any atom is -0.374 e. The molecule has 6 heteroatoms. The van der Waals surface area contributed by atoms with Gasteiger partial charge in [0.05, 0.1) is 12.7 Å². The van der Waals surface area contributed by atoms with Crippen molar-refractivity contribution in [1.29, 1.82) is 0 Å². The predicted octanol–water partition coefficient (Wildman–Crippen LogP) is 2.91. The summed E-state index contributed by atoms with van der Waals surface area (Å²) in [7, 11) is 0. The van der Waals surface area contributed by atoms with Crippen molar-refractivity contribution in [3.8, 4) is 0 Å². The number of hydrogen-bond donors (Lipinski definition) is 2. The molecule has 3 rings (SSSR count). The third kappa shape index (κ3) is 4.29. The Morgan fingerprint density at radius 3 is 3.08 bits per heavy atom. The van der Waals surface area contributed by atoms with E-state index >= 15 is 0 Å². The van der Waals surface area contributed by atoms with E-state index in [1.54, 1.807) is 6.07 Å². The number of carbonyl (C=O) groups is 1. The van der Waals surface area contributed by atoms with E-state index in [0.717, 1.165) is 37.1 Å². The van der Waals surface area contributed by atoms with Crippen molar-refractivity contribution in [2.45, 2.75) is 20.0 Å². The van der Waals surface area contributed by atoms with Gasteiger partial charge >= 0.3 is 0 Å². The van der Waals surface area contributed by atoms with Crippen molar-refractivity contribution in [1.82, 2.24) is 15.2 Å². The van der Waals surface area contributed by atoms with Crippen molar-refractivity contribution in [2.24, 2.45) is 5.92 Å². The molecule has 0 bridgehead atoms. The van der Waals surface area contributed by atoms with Crippen LogP contribution in [0.4, 0.5) is 0 Å². The number of morpholine rings is 1. The Hall–Kier alpha value is -1.56. The van der Waals surface area contributed by atoms with Gasteiger partial charge in [0.1, 0.15) is 5.69 Å². The summed E-state index contributed by atoms with van der Waals surface area (Å²) in [6, 6.07) is 7.35. The second kappa shape index (κ2) is 7.55. The van der Waals surface area contributed by atoms with Crippen LogP contribution in [0.15, 0.2) is 24.3 Å². The van der Waals surface area contributed by atoms with Crippen LogP contribution in [0.3, 0.4) is 0 Å². The van der Waals surface area contributed by atoms with Crippen molar-refractivity contribution < 1.29 is 9.53 Å². The molecule has 0 radical (unpaired) electrons. The lowest BCUT2D eigenvalue weighted by Gasteiger charge is -2.33. The summed E-state index contributed by atoms with van der Waals surface area (Å²) < 4.78 is 5.77. The zero-order valence-corrected chi connectivity index (χ0v) is 14.9. The highest BCUT2D eigenvalue weighted by atomic mass is 35.5. The van der Waals surface area contributed by atoms with Gasteiger partial charge < -0.3 is 15.0 Å². The average Bonchev–Trinajstić information content (AvgIpc) is 2.95. The van der Waals surface area contributed by atoms with Gasteiger partial charge in [-0.25, -0.2) is 0 Å². The number of amides is 1. The van der Waals surface area contributed by atoms with Gasteiger partial charge in [-0.2, -0.15) is 0 Å². The molecule has 130 valence electrons. The maximum Gasteiger partial charge on any atom is 0.267 e. The molecule has 2 N–H and O–H groups in total. The summed E-state index contributed by atoms with van der Waals surface area (Å²) >= 11 is 5.98. The molecule has 1 amide bonds. The first kappa shape index (κ1) is 17.3. The summed E-state index contributed by atoms with van der Waals surface area (Å²) in [5.41, 5.74) is 1.45. The van der Waals surface area contributed by atoms with Crippen LogP contribution in [0.1, 0.15) is 24.3 Å². The Morgan fingerprint density at radius 1 is 1.46 bits per heavy atom. The molecule has 0 spiro atoms. The van der Waals surface area contributed by atoms with Crippen molar-refractivity contribution in [2.75, 3.05) is 32.8 Å². The Morgan fingerprint density at radius 2 is 2.29 bits per heavy atom. The van der Waals surface area contributed by atoms with Gasteiger partial charge in [0, 0.05) is 42.1 Å². The zero-order valence-electron chi connectivity index (χ0n) is 14.1. The zero-order chi connectivity index (χ0) is 17.1. The van der Waals surface area contributed by atoms with E-state index in [1.807, 2.05) is 18.2 Å². The monoisotopic (exact) mass is 349 g/mol. The Bertz CT molecular complexity index is 713. The van der Waals surface area contributed by atoms with Crippen LogP contribution in [0.25, 0.3) is 10.9 Å². The SMILES string of the molecule is CC(C)CN1CCOC(CNC(=O)c2cc3cc(Cl)ccc3[nH]2)C1. The fourth-order valence-corrected chi connectivity index (χ4v) is 3.29. The van der Waals surface area contributed by atoms with Crippen molar-refractivity contribution in [3.63, 3.8) is 0 Å². The quantitative estimate of drug-likeness (QED) is 0.872. The molecular formula is C18H24ClN3O2. The number of nitrogens with one attached hydrogen (secondary N) is 2. The number of H-pyrrole nitrogens is 1. The number of rotatable bonds is 5. The smallest absolute Gasteiger partial charge is 0.267 e. The van der Waals surface area contributed by atoms with E-state index in [2.05, 4.69) is 29.0 Å². The average molecular weight is 350 g/mol. The maximum atomic E-state index is 12.4. The fraction of sp³-hybridized carbons (Fsp3) is 0.500. The lowest BCUT2D eigenvalue weighted by molar-refractivity contribution is -0.0295. The minimum absolute atomic E-state index is 0.0419. The molecule has 1 unspecified atom stereocenters. The lowest BCUT2D eigenvalue weighted by Crippen LogP contribution is -2.48. The van der Waals surface area contributed by atoms with Crippen LogP contribution in [0, 0.1) is 5.92 Å². The first-order valence-corrected chi connectivity index (χ1v) is 8.79. The molecular weight excluding hydrogens is 326 g/mol. The highest BCUT2D eigenvalue weighted by Crippen LogP contribution is 2.20. The topological polar surface area (TPSA) is 57.4 Å². The summed E-state index contributed by atoms with van der Waals surface area (Å²) in [6.07, 6.45) is 0.0419.